The molecule has 31 heavy (non-hydrogen) atoms. The third-order valence-corrected chi connectivity index (χ3v) is 5.70. The summed E-state index contributed by atoms with van der Waals surface area (Å²) in [4.78, 5) is 25.7. The Kier molecular flexibility index (Phi) is 5.96. The van der Waals surface area contributed by atoms with Crippen LogP contribution >= 0.6 is 11.6 Å². The third kappa shape index (κ3) is 4.57. The molecule has 1 heterocycles. The van der Waals surface area contributed by atoms with Gasteiger partial charge in [-0.15, -0.1) is 0 Å². The number of ether oxygens (including phenoxy) is 2. The van der Waals surface area contributed by atoms with Crippen LogP contribution in [0.15, 0.2) is 54.6 Å². The van der Waals surface area contributed by atoms with E-state index in [-0.39, 0.29) is 24.9 Å². The SMILES string of the molecule is CCc1ccc(C(=O)Cc2ccc(C)c(Cl)c2)cc1NC(=O)c1ccc2c(c1)OCO2. The van der Waals surface area contributed by atoms with Gasteiger partial charge in [-0.05, 0) is 60.4 Å². The zero-order valence-corrected chi connectivity index (χ0v) is 18.1. The highest BCUT2D eigenvalue weighted by atomic mass is 35.5. The molecule has 6 heteroatoms. The van der Waals surface area contributed by atoms with Crippen LogP contribution in [0.25, 0.3) is 0 Å². The minimum atomic E-state index is -0.275. The summed E-state index contributed by atoms with van der Waals surface area (Å²) in [7, 11) is 0. The normalized spacial score (nSPS) is 12.0. The highest BCUT2D eigenvalue weighted by molar-refractivity contribution is 6.31. The van der Waals surface area contributed by atoms with Gasteiger partial charge in [0.05, 0.1) is 0 Å². The van der Waals surface area contributed by atoms with Crippen molar-refractivity contribution in [3.05, 3.63) is 87.4 Å². The van der Waals surface area contributed by atoms with Crippen molar-refractivity contribution in [2.24, 2.45) is 0 Å². The lowest BCUT2D eigenvalue weighted by atomic mass is 9.99. The standard InChI is InChI=1S/C25H22ClNO4/c1-3-17-6-7-18(22(28)11-16-5-4-15(2)20(26)10-16)12-21(17)27-25(29)19-8-9-23-24(13-19)31-14-30-23/h4-10,12-13H,3,11,14H2,1-2H3,(H,27,29). The Hall–Kier alpha value is -3.31. The molecular formula is C25H22ClNO4. The first kappa shape index (κ1) is 20.9. The molecule has 0 bridgehead atoms. The van der Waals surface area contributed by atoms with E-state index in [0.717, 1.165) is 23.1 Å². The van der Waals surface area contributed by atoms with E-state index in [9.17, 15) is 9.59 Å². The van der Waals surface area contributed by atoms with Crippen LogP contribution < -0.4 is 14.8 Å². The first-order valence-electron chi connectivity index (χ1n) is 10.1. The maximum atomic E-state index is 12.9. The van der Waals surface area contributed by atoms with Gasteiger partial charge < -0.3 is 14.8 Å². The highest BCUT2D eigenvalue weighted by Crippen LogP contribution is 2.33. The summed E-state index contributed by atoms with van der Waals surface area (Å²) < 4.78 is 10.6. The molecule has 0 fully saturated rings. The van der Waals surface area contributed by atoms with Crippen molar-refractivity contribution in [3.8, 4) is 11.5 Å². The van der Waals surface area contributed by atoms with Gasteiger partial charge in [0.1, 0.15) is 0 Å². The predicted octanol–water partition coefficient (Wildman–Crippen LogP) is 5.62. The van der Waals surface area contributed by atoms with Crippen molar-refractivity contribution in [2.75, 3.05) is 12.1 Å². The van der Waals surface area contributed by atoms with Crippen molar-refractivity contribution in [1.82, 2.24) is 0 Å². The van der Waals surface area contributed by atoms with Gasteiger partial charge in [0, 0.05) is 28.3 Å². The Morgan fingerprint density at radius 3 is 2.52 bits per heavy atom. The van der Waals surface area contributed by atoms with Crippen LogP contribution in [-0.4, -0.2) is 18.5 Å². The quantitative estimate of drug-likeness (QED) is 0.510. The number of Topliss-reactive ketones (excluding diaryl/α,β-unsaturated/α-hetero) is 1. The zero-order chi connectivity index (χ0) is 22.0. The molecule has 4 rings (SSSR count). The van der Waals surface area contributed by atoms with E-state index in [1.165, 1.54) is 0 Å². The van der Waals surface area contributed by atoms with E-state index in [0.29, 0.717) is 33.3 Å². The number of benzene rings is 3. The van der Waals surface area contributed by atoms with Crippen LogP contribution in [0.1, 0.15) is 44.3 Å². The molecule has 0 unspecified atom stereocenters. The van der Waals surface area contributed by atoms with Gasteiger partial charge in [-0.25, -0.2) is 0 Å². The lowest BCUT2D eigenvalue weighted by molar-refractivity contribution is 0.0989. The van der Waals surface area contributed by atoms with E-state index in [1.807, 2.05) is 38.1 Å². The van der Waals surface area contributed by atoms with Crippen LogP contribution in [-0.2, 0) is 12.8 Å². The molecule has 0 saturated heterocycles. The van der Waals surface area contributed by atoms with E-state index < -0.39 is 0 Å². The molecule has 0 aromatic heterocycles. The fourth-order valence-electron chi connectivity index (χ4n) is 3.44. The maximum Gasteiger partial charge on any atom is 0.255 e. The molecule has 0 spiro atoms. The van der Waals surface area contributed by atoms with Crippen LogP contribution in [0, 0.1) is 6.92 Å². The number of hydrogen-bond acceptors (Lipinski definition) is 4. The largest absolute Gasteiger partial charge is 0.454 e. The summed E-state index contributed by atoms with van der Waals surface area (Å²) in [6, 6.07) is 16.1. The summed E-state index contributed by atoms with van der Waals surface area (Å²) >= 11 is 6.18. The molecule has 0 radical (unpaired) electrons. The molecule has 1 N–H and O–H groups in total. The molecule has 3 aromatic rings. The summed E-state index contributed by atoms with van der Waals surface area (Å²) in [6.07, 6.45) is 0.958. The minimum absolute atomic E-state index is 0.0406. The van der Waals surface area contributed by atoms with E-state index in [4.69, 9.17) is 21.1 Å². The minimum Gasteiger partial charge on any atom is -0.454 e. The number of fused-ring (bicyclic) bond motifs is 1. The maximum absolute atomic E-state index is 12.9. The fourth-order valence-corrected chi connectivity index (χ4v) is 3.64. The van der Waals surface area contributed by atoms with Crippen LogP contribution in [0.2, 0.25) is 5.02 Å². The Morgan fingerprint density at radius 1 is 0.968 bits per heavy atom. The van der Waals surface area contributed by atoms with Gasteiger partial charge >= 0.3 is 0 Å². The van der Waals surface area contributed by atoms with E-state index in [1.54, 1.807) is 30.3 Å². The molecule has 0 saturated carbocycles. The van der Waals surface area contributed by atoms with Gasteiger partial charge in [-0.1, -0.05) is 42.8 Å². The van der Waals surface area contributed by atoms with Gasteiger partial charge in [0.2, 0.25) is 6.79 Å². The number of ketones is 1. The Balaban J connectivity index is 1.54. The predicted molar refractivity (Wildman–Crippen MR) is 121 cm³/mol. The number of hydrogen-bond donors (Lipinski definition) is 1. The van der Waals surface area contributed by atoms with Gasteiger partial charge in [0.15, 0.2) is 17.3 Å². The molecule has 0 aliphatic carbocycles. The summed E-state index contributed by atoms with van der Waals surface area (Å²) in [5, 5.41) is 3.58. The molecular weight excluding hydrogens is 414 g/mol. The van der Waals surface area contributed by atoms with Crippen molar-refractivity contribution < 1.29 is 19.1 Å². The molecule has 1 aliphatic rings. The summed E-state index contributed by atoms with van der Waals surface area (Å²) in [5.74, 6) is 0.850. The molecule has 3 aromatic carbocycles. The number of nitrogens with one attached hydrogen (secondary N) is 1. The molecule has 0 atom stereocenters. The smallest absolute Gasteiger partial charge is 0.255 e. The van der Waals surface area contributed by atoms with E-state index >= 15 is 0 Å². The second-order valence-electron chi connectivity index (χ2n) is 7.43. The lowest BCUT2D eigenvalue weighted by Gasteiger charge is -2.12. The molecule has 1 aliphatic heterocycles. The lowest BCUT2D eigenvalue weighted by Crippen LogP contribution is -2.14. The molecule has 1 amide bonds. The van der Waals surface area contributed by atoms with Gasteiger partial charge in [-0.2, -0.15) is 0 Å². The van der Waals surface area contributed by atoms with Crippen molar-refractivity contribution in [1.29, 1.82) is 0 Å². The summed E-state index contributed by atoms with van der Waals surface area (Å²) in [5.41, 5.74) is 4.39. The fraction of sp³-hybridized carbons (Fsp3) is 0.200. The number of carbonyl (C=O) groups is 2. The zero-order valence-electron chi connectivity index (χ0n) is 17.3. The van der Waals surface area contributed by atoms with Crippen molar-refractivity contribution >= 4 is 29.0 Å². The number of halogens is 1. The van der Waals surface area contributed by atoms with E-state index in [2.05, 4.69) is 5.32 Å². The Labute approximate surface area is 185 Å². The van der Waals surface area contributed by atoms with Crippen LogP contribution in [0.3, 0.4) is 0 Å². The van der Waals surface area contributed by atoms with Crippen LogP contribution in [0.5, 0.6) is 11.5 Å². The topological polar surface area (TPSA) is 64.6 Å². The second-order valence-corrected chi connectivity index (χ2v) is 7.84. The second kappa shape index (κ2) is 8.82. The number of aryl methyl sites for hydroxylation is 2. The third-order valence-electron chi connectivity index (χ3n) is 5.30. The highest BCUT2D eigenvalue weighted by Gasteiger charge is 2.18. The number of anilines is 1. The number of rotatable bonds is 6. The summed E-state index contributed by atoms with van der Waals surface area (Å²) in [6.45, 7) is 4.07. The average Bonchev–Trinajstić information content (AvgIpc) is 3.24. The first-order valence-corrected chi connectivity index (χ1v) is 10.4. The van der Waals surface area contributed by atoms with Crippen molar-refractivity contribution in [3.63, 3.8) is 0 Å². The first-order chi connectivity index (χ1) is 14.9. The number of amides is 1. The number of carbonyl (C=O) groups excluding carboxylic acids is 2. The molecule has 158 valence electrons. The monoisotopic (exact) mass is 435 g/mol. The Bertz CT molecular complexity index is 1170. The van der Waals surface area contributed by atoms with Gasteiger partial charge in [0.25, 0.3) is 5.91 Å². The average molecular weight is 436 g/mol. The van der Waals surface area contributed by atoms with Crippen LogP contribution in [0.4, 0.5) is 5.69 Å². The Morgan fingerprint density at radius 2 is 1.74 bits per heavy atom. The van der Waals surface area contributed by atoms with Crippen molar-refractivity contribution in [2.45, 2.75) is 26.7 Å². The van der Waals surface area contributed by atoms with Gasteiger partial charge in [-0.3, -0.25) is 9.59 Å². The molecule has 5 nitrogen and oxygen atoms in total.